The minimum Gasteiger partial charge on any atom is -0.372 e. The van der Waals surface area contributed by atoms with Crippen molar-refractivity contribution < 1.29 is 4.79 Å². The highest BCUT2D eigenvalue weighted by Gasteiger charge is 2.16. The smallest absolute Gasteiger partial charge is 0.238 e. The molecule has 1 aromatic heterocycles. The Morgan fingerprint density at radius 2 is 1.90 bits per heavy atom. The van der Waals surface area contributed by atoms with Crippen LogP contribution in [-0.2, 0) is 11.3 Å². The van der Waals surface area contributed by atoms with Gasteiger partial charge < -0.3 is 10.2 Å². The second kappa shape index (κ2) is 8.93. The van der Waals surface area contributed by atoms with E-state index in [1.807, 2.05) is 42.3 Å². The molecule has 1 aliphatic rings. The largest absolute Gasteiger partial charge is 0.372 e. The monoisotopic (exact) mass is 408 g/mol. The van der Waals surface area contributed by atoms with Crippen molar-refractivity contribution in [3.05, 3.63) is 53.5 Å². The van der Waals surface area contributed by atoms with Gasteiger partial charge in [0.25, 0.3) is 0 Å². The number of nitrogens with one attached hydrogen (secondary N) is 1. The zero-order valence-corrected chi connectivity index (χ0v) is 17.9. The maximum Gasteiger partial charge on any atom is 0.238 e. The van der Waals surface area contributed by atoms with Gasteiger partial charge in [-0.3, -0.25) is 9.69 Å². The lowest BCUT2D eigenvalue weighted by molar-refractivity contribution is -0.117. The van der Waals surface area contributed by atoms with Gasteiger partial charge in [-0.05, 0) is 62.2 Å². The topological polar surface area (TPSA) is 48.5 Å². The molecule has 2 heterocycles. The number of likely N-dealkylation sites (N-methyl/N-ethyl adjacent to an activating group) is 1. The first-order chi connectivity index (χ1) is 14.1. The van der Waals surface area contributed by atoms with E-state index in [9.17, 15) is 4.79 Å². The fourth-order valence-corrected chi connectivity index (χ4v) is 4.79. The average Bonchev–Trinajstić information content (AvgIpc) is 3.11. The number of carbonyl (C=O) groups is 1. The maximum atomic E-state index is 12.4. The first-order valence-corrected chi connectivity index (χ1v) is 11.1. The van der Waals surface area contributed by atoms with Crippen molar-refractivity contribution in [2.75, 3.05) is 36.9 Å². The van der Waals surface area contributed by atoms with Crippen molar-refractivity contribution in [1.82, 2.24) is 9.88 Å². The van der Waals surface area contributed by atoms with Crippen molar-refractivity contribution in [2.45, 2.75) is 26.3 Å². The molecule has 0 radical (unpaired) electrons. The Labute approximate surface area is 176 Å². The summed E-state index contributed by atoms with van der Waals surface area (Å²) in [4.78, 5) is 21.5. The van der Waals surface area contributed by atoms with Crippen molar-refractivity contribution in [3.8, 4) is 0 Å². The number of carbonyl (C=O) groups excluding carboxylic acids is 1. The maximum absolute atomic E-state index is 12.4. The third-order valence-electron chi connectivity index (χ3n) is 5.46. The van der Waals surface area contributed by atoms with Crippen LogP contribution in [0.2, 0.25) is 0 Å². The number of amides is 1. The van der Waals surface area contributed by atoms with Gasteiger partial charge in [0, 0.05) is 24.5 Å². The molecule has 0 aliphatic carbocycles. The van der Waals surface area contributed by atoms with Crippen LogP contribution in [0, 0.1) is 5.92 Å². The van der Waals surface area contributed by atoms with E-state index in [1.165, 1.54) is 23.2 Å². The summed E-state index contributed by atoms with van der Waals surface area (Å²) in [6.07, 6.45) is 2.50. The van der Waals surface area contributed by atoms with E-state index < -0.39 is 0 Å². The number of piperidine rings is 1. The van der Waals surface area contributed by atoms with Gasteiger partial charge >= 0.3 is 0 Å². The molecule has 5 nitrogen and oxygen atoms in total. The minimum atomic E-state index is -0.00633. The van der Waals surface area contributed by atoms with Crippen LogP contribution in [0.15, 0.2) is 48.5 Å². The van der Waals surface area contributed by atoms with Gasteiger partial charge in [0.15, 0.2) is 0 Å². The molecule has 1 N–H and O–H groups in total. The molecular weight excluding hydrogens is 380 g/mol. The Bertz CT molecular complexity index is 927. The summed E-state index contributed by atoms with van der Waals surface area (Å²) >= 11 is 1.68. The summed E-state index contributed by atoms with van der Waals surface area (Å²) in [7, 11) is 1.95. The first kappa shape index (κ1) is 19.9. The second-order valence-corrected chi connectivity index (χ2v) is 9.13. The fourth-order valence-electron chi connectivity index (χ4n) is 3.74. The molecule has 6 heteroatoms. The van der Waals surface area contributed by atoms with Crippen molar-refractivity contribution >= 4 is 38.8 Å². The van der Waals surface area contributed by atoms with Gasteiger partial charge in [0.1, 0.15) is 5.01 Å². The third kappa shape index (κ3) is 5.14. The number of rotatable bonds is 6. The molecule has 29 heavy (non-hydrogen) atoms. The van der Waals surface area contributed by atoms with Crippen LogP contribution in [-0.4, -0.2) is 42.5 Å². The van der Waals surface area contributed by atoms with E-state index in [0.717, 1.165) is 35.2 Å². The van der Waals surface area contributed by atoms with Gasteiger partial charge in [-0.1, -0.05) is 19.1 Å². The van der Waals surface area contributed by atoms with Crippen LogP contribution in [0.1, 0.15) is 24.8 Å². The lowest BCUT2D eigenvalue weighted by Gasteiger charge is -2.32. The number of aromatic nitrogens is 1. The predicted octanol–water partition coefficient (Wildman–Crippen LogP) is 4.60. The molecule has 4 rings (SSSR count). The van der Waals surface area contributed by atoms with Crippen molar-refractivity contribution in [2.24, 2.45) is 5.92 Å². The first-order valence-electron chi connectivity index (χ1n) is 10.2. The van der Waals surface area contributed by atoms with Gasteiger partial charge in [0.2, 0.25) is 5.91 Å². The zero-order chi connectivity index (χ0) is 20.2. The van der Waals surface area contributed by atoms with Crippen molar-refractivity contribution in [1.29, 1.82) is 0 Å². The molecule has 0 spiro atoms. The van der Waals surface area contributed by atoms with E-state index in [0.29, 0.717) is 13.1 Å². The lowest BCUT2D eigenvalue weighted by atomic mass is 9.99. The summed E-state index contributed by atoms with van der Waals surface area (Å²) in [5.41, 5.74) is 3.11. The summed E-state index contributed by atoms with van der Waals surface area (Å²) < 4.78 is 1.18. The van der Waals surface area contributed by atoms with E-state index in [-0.39, 0.29) is 5.91 Å². The zero-order valence-electron chi connectivity index (χ0n) is 17.1. The van der Waals surface area contributed by atoms with E-state index in [2.05, 4.69) is 40.3 Å². The summed E-state index contributed by atoms with van der Waals surface area (Å²) in [6.45, 7) is 5.55. The Kier molecular flexibility index (Phi) is 6.11. The summed E-state index contributed by atoms with van der Waals surface area (Å²) in [6, 6.07) is 16.3. The summed E-state index contributed by atoms with van der Waals surface area (Å²) in [5, 5.41) is 4.04. The molecule has 2 aromatic carbocycles. The Morgan fingerprint density at radius 1 is 1.17 bits per heavy atom. The molecular formula is C23H28N4OS. The Hall–Kier alpha value is -2.44. The van der Waals surface area contributed by atoms with Gasteiger partial charge in [-0.2, -0.15) is 0 Å². The number of anilines is 2. The van der Waals surface area contributed by atoms with Crippen LogP contribution in [0.3, 0.4) is 0 Å². The standard InChI is InChI=1S/C23H28N4OS/c1-17-11-13-27(14-12-17)19-9-7-18(8-10-19)24-22(28)15-26(2)16-23-25-20-5-3-4-6-21(20)29-23/h3-10,17H,11-16H2,1-2H3,(H,24,28). The van der Waals surface area contributed by atoms with Gasteiger partial charge in [-0.15, -0.1) is 11.3 Å². The Morgan fingerprint density at radius 3 is 2.62 bits per heavy atom. The highest BCUT2D eigenvalue weighted by molar-refractivity contribution is 7.18. The van der Waals surface area contributed by atoms with Crippen LogP contribution < -0.4 is 10.2 Å². The number of fused-ring (bicyclic) bond motifs is 1. The van der Waals surface area contributed by atoms with E-state index in [1.54, 1.807) is 11.3 Å². The molecule has 152 valence electrons. The molecule has 0 saturated carbocycles. The molecule has 1 amide bonds. The Balaban J connectivity index is 1.28. The van der Waals surface area contributed by atoms with Crippen LogP contribution >= 0.6 is 11.3 Å². The van der Waals surface area contributed by atoms with Crippen LogP contribution in [0.4, 0.5) is 11.4 Å². The second-order valence-electron chi connectivity index (χ2n) is 8.01. The molecule has 0 atom stereocenters. The average molecular weight is 409 g/mol. The number of nitrogens with zero attached hydrogens (tertiary/aromatic N) is 3. The minimum absolute atomic E-state index is 0.00633. The highest BCUT2D eigenvalue weighted by atomic mass is 32.1. The predicted molar refractivity (Wildman–Crippen MR) is 122 cm³/mol. The number of hydrogen-bond acceptors (Lipinski definition) is 5. The van der Waals surface area contributed by atoms with Crippen LogP contribution in [0.25, 0.3) is 10.2 Å². The SMILES string of the molecule is CC1CCN(c2ccc(NC(=O)CN(C)Cc3nc4ccccc4s3)cc2)CC1. The lowest BCUT2D eigenvalue weighted by Crippen LogP contribution is -2.32. The number of para-hydroxylation sites is 1. The van der Waals surface area contributed by atoms with E-state index in [4.69, 9.17) is 0 Å². The van der Waals surface area contributed by atoms with Crippen molar-refractivity contribution in [3.63, 3.8) is 0 Å². The molecule has 1 saturated heterocycles. The highest BCUT2D eigenvalue weighted by Crippen LogP contribution is 2.24. The molecule has 0 bridgehead atoms. The van der Waals surface area contributed by atoms with Gasteiger partial charge in [-0.25, -0.2) is 4.98 Å². The molecule has 1 aliphatic heterocycles. The fraction of sp³-hybridized carbons (Fsp3) is 0.391. The molecule has 1 fully saturated rings. The van der Waals surface area contributed by atoms with E-state index >= 15 is 0 Å². The third-order valence-corrected chi connectivity index (χ3v) is 6.48. The normalized spacial score (nSPS) is 15.2. The number of benzene rings is 2. The number of hydrogen-bond donors (Lipinski definition) is 1. The summed E-state index contributed by atoms with van der Waals surface area (Å²) in [5.74, 6) is 0.817. The molecule has 0 unspecified atom stereocenters. The number of thiazole rings is 1. The quantitative estimate of drug-likeness (QED) is 0.647. The van der Waals surface area contributed by atoms with Gasteiger partial charge in [0.05, 0.1) is 23.3 Å². The van der Waals surface area contributed by atoms with Crippen LogP contribution in [0.5, 0.6) is 0 Å². The molecule has 3 aromatic rings.